The zero-order valence-electron chi connectivity index (χ0n) is 13.9. The molecule has 0 aromatic carbocycles. The number of aliphatic imine (C=N–C) groups is 1. The molecule has 1 unspecified atom stereocenters. The van der Waals surface area contributed by atoms with E-state index in [0.29, 0.717) is 6.42 Å². The van der Waals surface area contributed by atoms with Crippen LogP contribution in [-0.4, -0.2) is 51.4 Å². The van der Waals surface area contributed by atoms with Crippen LogP contribution >= 0.6 is 24.0 Å². The normalized spacial score (nSPS) is 21.1. The number of hydrogen-bond acceptors (Lipinski definition) is 4. The van der Waals surface area contributed by atoms with E-state index >= 15 is 0 Å². The van der Waals surface area contributed by atoms with Crippen LogP contribution in [0.15, 0.2) is 4.99 Å². The van der Waals surface area contributed by atoms with Crippen LogP contribution in [0.3, 0.4) is 0 Å². The Labute approximate surface area is 150 Å². The lowest BCUT2D eigenvalue weighted by Crippen LogP contribution is -2.45. The van der Waals surface area contributed by atoms with Gasteiger partial charge in [0.25, 0.3) is 0 Å². The molecule has 0 aromatic heterocycles. The van der Waals surface area contributed by atoms with E-state index in [2.05, 4.69) is 27.3 Å². The summed E-state index contributed by atoms with van der Waals surface area (Å²) in [7, 11) is 3.19. The molecule has 0 amide bonds. The highest BCUT2D eigenvalue weighted by molar-refractivity contribution is 14.0. The molecule has 1 aliphatic rings. The van der Waals surface area contributed by atoms with Crippen molar-refractivity contribution in [3.05, 3.63) is 0 Å². The van der Waals surface area contributed by atoms with Crippen molar-refractivity contribution in [3.63, 3.8) is 0 Å². The lowest BCUT2D eigenvalue weighted by molar-refractivity contribution is -0.140. The van der Waals surface area contributed by atoms with Crippen molar-refractivity contribution in [1.29, 1.82) is 0 Å². The van der Waals surface area contributed by atoms with Crippen molar-refractivity contribution < 1.29 is 14.3 Å². The number of hydrogen-bond donors (Lipinski definition) is 2. The number of esters is 1. The summed E-state index contributed by atoms with van der Waals surface area (Å²) < 4.78 is 10.3. The van der Waals surface area contributed by atoms with E-state index in [9.17, 15) is 4.79 Å². The first-order chi connectivity index (χ1) is 10.1. The van der Waals surface area contributed by atoms with Gasteiger partial charge in [-0.05, 0) is 32.6 Å². The highest BCUT2D eigenvalue weighted by Gasteiger charge is 2.29. The van der Waals surface area contributed by atoms with Gasteiger partial charge in [0.1, 0.15) is 0 Å². The third-order valence-electron chi connectivity index (χ3n) is 3.73. The molecule has 1 fully saturated rings. The molecule has 0 radical (unpaired) electrons. The van der Waals surface area contributed by atoms with Crippen LogP contribution in [0, 0.1) is 0 Å². The number of guanidine groups is 1. The Morgan fingerprint density at radius 1 is 1.32 bits per heavy atom. The molecule has 1 aliphatic heterocycles. The fourth-order valence-electron chi connectivity index (χ4n) is 2.35. The second kappa shape index (κ2) is 11.9. The minimum absolute atomic E-state index is 0. The van der Waals surface area contributed by atoms with Crippen molar-refractivity contribution in [3.8, 4) is 0 Å². The van der Waals surface area contributed by atoms with E-state index in [-0.39, 0.29) is 35.5 Å². The molecule has 0 bridgehead atoms. The molecule has 0 aliphatic carbocycles. The number of methoxy groups -OCH3 is 1. The SMILES string of the molecule is CN=C(NCCCCCC(=O)OC)NCC1(C)CCCO1.I. The maximum absolute atomic E-state index is 11.0. The van der Waals surface area contributed by atoms with Crippen molar-refractivity contribution >= 4 is 35.9 Å². The fraction of sp³-hybridized carbons (Fsp3) is 0.867. The van der Waals surface area contributed by atoms with Crippen molar-refractivity contribution in [2.75, 3.05) is 33.9 Å². The summed E-state index contributed by atoms with van der Waals surface area (Å²) in [4.78, 5) is 15.2. The summed E-state index contributed by atoms with van der Waals surface area (Å²) in [6, 6.07) is 0. The van der Waals surface area contributed by atoms with Gasteiger partial charge >= 0.3 is 5.97 Å². The van der Waals surface area contributed by atoms with E-state index in [1.54, 1.807) is 7.05 Å². The molecule has 1 heterocycles. The molecule has 7 heteroatoms. The van der Waals surface area contributed by atoms with Crippen LogP contribution in [0.25, 0.3) is 0 Å². The van der Waals surface area contributed by atoms with Gasteiger partial charge in [0.05, 0.1) is 12.7 Å². The number of carbonyl (C=O) groups excluding carboxylic acids is 1. The lowest BCUT2D eigenvalue weighted by Gasteiger charge is -2.24. The van der Waals surface area contributed by atoms with Crippen LogP contribution in [-0.2, 0) is 14.3 Å². The van der Waals surface area contributed by atoms with Gasteiger partial charge in [-0.3, -0.25) is 9.79 Å². The molecule has 1 saturated heterocycles. The summed E-state index contributed by atoms with van der Waals surface area (Å²) in [5.74, 6) is 0.671. The Kier molecular flexibility index (Phi) is 11.6. The number of ether oxygens (including phenoxy) is 2. The topological polar surface area (TPSA) is 72.0 Å². The molecule has 1 rings (SSSR count). The van der Waals surface area contributed by atoms with Crippen LogP contribution in [0.4, 0.5) is 0 Å². The molecule has 2 N–H and O–H groups in total. The quantitative estimate of drug-likeness (QED) is 0.204. The van der Waals surface area contributed by atoms with E-state index in [1.165, 1.54) is 7.11 Å². The first-order valence-electron chi connectivity index (χ1n) is 7.75. The summed E-state index contributed by atoms with van der Waals surface area (Å²) in [6.07, 6.45) is 5.59. The largest absolute Gasteiger partial charge is 0.469 e. The highest BCUT2D eigenvalue weighted by atomic mass is 127. The number of rotatable bonds is 8. The Morgan fingerprint density at radius 3 is 2.68 bits per heavy atom. The number of carbonyl (C=O) groups is 1. The van der Waals surface area contributed by atoms with Crippen LogP contribution in [0.2, 0.25) is 0 Å². The Morgan fingerprint density at radius 2 is 2.09 bits per heavy atom. The van der Waals surface area contributed by atoms with Gasteiger partial charge in [0, 0.05) is 33.2 Å². The number of halogens is 1. The van der Waals surface area contributed by atoms with Crippen LogP contribution in [0.1, 0.15) is 45.4 Å². The van der Waals surface area contributed by atoms with Gasteiger partial charge in [-0.15, -0.1) is 24.0 Å². The first kappa shape index (κ1) is 21.4. The van der Waals surface area contributed by atoms with Gasteiger partial charge in [0.2, 0.25) is 0 Å². The molecule has 0 aromatic rings. The van der Waals surface area contributed by atoms with Crippen molar-refractivity contribution in [2.45, 2.75) is 51.0 Å². The molecular weight excluding hydrogens is 397 g/mol. The summed E-state index contributed by atoms with van der Waals surface area (Å²) in [5, 5.41) is 6.59. The fourth-order valence-corrected chi connectivity index (χ4v) is 2.35. The highest BCUT2D eigenvalue weighted by Crippen LogP contribution is 2.23. The third-order valence-corrected chi connectivity index (χ3v) is 3.73. The minimum atomic E-state index is -0.134. The standard InChI is InChI=1S/C15H29N3O3.HI/c1-15(9-7-11-21-15)12-18-14(16-2)17-10-6-4-5-8-13(19)20-3;/h4-12H2,1-3H3,(H2,16,17,18);1H. The lowest BCUT2D eigenvalue weighted by atomic mass is 10.0. The second-order valence-electron chi connectivity index (χ2n) is 5.64. The average Bonchev–Trinajstić information content (AvgIpc) is 2.92. The van der Waals surface area contributed by atoms with E-state index in [1.807, 2.05) is 0 Å². The van der Waals surface area contributed by atoms with Gasteiger partial charge in [-0.2, -0.15) is 0 Å². The first-order valence-corrected chi connectivity index (χ1v) is 7.75. The van der Waals surface area contributed by atoms with Crippen molar-refractivity contribution in [2.24, 2.45) is 4.99 Å². The Hall–Kier alpha value is -0.570. The Balaban J connectivity index is 0.00000441. The van der Waals surface area contributed by atoms with Crippen LogP contribution < -0.4 is 10.6 Å². The summed E-state index contributed by atoms with van der Waals surface area (Å²) >= 11 is 0. The predicted octanol–water partition coefficient (Wildman–Crippen LogP) is 2.07. The summed E-state index contributed by atoms with van der Waals surface area (Å²) in [6.45, 7) is 4.60. The third kappa shape index (κ3) is 8.77. The maximum Gasteiger partial charge on any atom is 0.305 e. The average molecular weight is 427 g/mol. The van der Waals surface area contributed by atoms with E-state index in [0.717, 1.165) is 57.8 Å². The van der Waals surface area contributed by atoms with Gasteiger partial charge in [0.15, 0.2) is 5.96 Å². The molecule has 6 nitrogen and oxygen atoms in total. The zero-order chi connectivity index (χ0) is 15.6. The number of nitrogens with zero attached hydrogens (tertiary/aromatic N) is 1. The predicted molar refractivity (Wildman–Crippen MR) is 98.9 cm³/mol. The summed E-state index contributed by atoms with van der Waals surface area (Å²) in [5.41, 5.74) is -0.0713. The van der Waals surface area contributed by atoms with Gasteiger partial charge in [-0.25, -0.2) is 0 Å². The van der Waals surface area contributed by atoms with Gasteiger partial charge in [-0.1, -0.05) is 6.42 Å². The monoisotopic (exact) mass is 427 g/mol. The maximum atomic E-state index is 11.0. The van der Waals surface area contributed by atoms with Crippen molar-refractivity contribution in [1.82, 2.24) is 10.6 Å². The number of nitrogens with one attached hydrogen (secondary N) is 2. The zero-order valence-corrected chi connectivity index (χ0v) is 16.3. The minimum Gasteiger partial charge on any atom is -0.469 e. The molecule has 0 saturated carbocycles. The molecule has 22 heavy (non-hydrogen) atoms. The molecule has 1 atom stereocenters. The van der Waals surface area contributed by atoms with E-state index in [4.69, 9.17) is 4.74 Å². The molecular formula is C15H30IN3O3. The number of unbranched alkanes of at least 4 members (excludes halogenated alkanes) is 2. The second-order valence-corrected chi connectivity index (χ2v) is 5.64. The molecule has 0 spiro atoms. The van der Waals surface area contributed by atoms with Crippen LogP contribution in [0.5, 0.6) is 0 Å². The smallest absolute Gasteiger partial charge is 0.305 e. The van der Waals surface area contributed by atoms with Gasteiger partial charge < -0.3 is 20.1 Å². The molecule has 130 valence electrons. The van der Waals surface area contributed by atoms with E-state index < -0.39 is 0 Å². The Bertz CT molecular complexity index is 345.